The van der Waals surface area contributed by atoms with E-state index in [2.05, 4.69) is 10.1 Å². The fourth-order valence-corrected chi connectivity index (χ4v) is 1.58. The molecule has 0 heterocycles. The minimum Gasteiger partial charge on any atom is -0.493 e. The highest BCUT2D eigenvalue weighted by molar-refractivity contribution is 5.88. The number of carbonyl (C=O) groups is 2. The van der Waals surface area contributed by atoms with Crippen LogP contribution in [-0.4, -0.2) is 25.6 Å². The quantitative estimate of drug-likeness (QED) is 0.643. The maximum atomic E-state index is 13.7. The van der Waals surface area contributed by atoms with Gasteiger partial charge in [-0.05, 0) is 19.4 Å². The van der Waals surface area contributed by atoms with Crippen molar-refractivity contribution in [1.29, 1.82) is 0 Å². The standard InChI is InChI=1S/C14H18FNO4/c1-9-12(15)7-11(16-10(2)17)8-13(9)20-6-4-5-14(18)19-3/h7-8H,4-6H2,1-3H3,(H,16,17). The van der Waals surface area contributed by atoms with Gasteiger partial charge in [-0.15, -0.1) is 0 Å². The second-order valence-corrected chi connectivity index (χ2v) is 4.29. The molecule has 0 aliphatic carbocycles. The van der Waals surface area contributed by atoms with E-state index in [4.69, 9.17) is 4.74 Å². The zero-order valence-corrected chi connectivity index (χ0v) is 11.8. The molecule has 5 nitrogen and oxygen atoms in total. The van der Waals surface area contributed by atoms with E-state index in [1.54, 1.807) is 13.0 Å². The van der Waals surface area contributed by atoms with Crippen molar-refractivity contribution in [1.82, 2.24) is 0 Å². The van der Waals surface area contributed by atoms with Gasteiger partial charge in [-0.25, -0.2) is 4.39 Å². The molecular weight excluding hydrogens is 265 g/mol. The minimum absolute atomic E-state index is 0.240. The summed E-state index contributed by atoms with van der Waals surface area (Å²) in [6.45, 7) is 3.19. The van der Waals surface area contributed by atoms with E-state index in [1.165, 1.54) is 20.1 Å². The van der Waals surface area contributed by atoms with Crippen LogP contribution in [0.2, 0.25) is 0 Å². The molecule has 0 aromatic heterocycles. The van der Waals surface area contributed by atoms with Gasteiger partial charge in [0.2, 0.25) is 5.91 Å². The van der Waals surface area contributed by atoms with Gasteiger partial charge in [0, 0.05) is 30.7 Å². The van der Waals surface area contributed by atoms with Crippen molar-refractivity contribution in [2.75, 3.05) is 19.0 Å². The zero-order chi connectivity index (χ0) is 15.1. The third-order valence-electron chi connectivity index (χ3n) is 2.63. The first-order chi connectivity index (χ1) is 9.43. The van der Waals surface area contributed by atoms with E-state index in [9.17, 15) is 14.0 Å². The largest absolute Gasteiger partial charge is 0.493 e. The molecule has 20 heavy (non-hydrogen) atoms. The average molecular weight is 283 g/mol. The van der Waals surface area contributed by atoms with Gasteiger partial charge in [0.05, 0.1) is 13.7 Å². The molecule has 0 saturated carbocycles. The number of methoxy groups -OCH3 is 1. The van der Waals surface area contributed by atoms with Gasteiger partial charge in [-0.3, -0.25) is 9.59 Å². The number of esters is 1. The fourth-order valence-electron chi connectivity index (χ4n) is 1.58. The smallest absolute Gasteiger partial charge is 0.305 e. The van der Waals surface area contributed by atoms with Crippen molar-refractivity contribution in [3.63, 3.8) is 0 Å². The number of amides is 1. The third-order valence-corrected chi connectivity index (χ3v) is 2.63. The van der Waals surface area contributed by atoms with Crippen molar-refractivity contribution in [3.8, 4) is 5.75 Å². The summed E-state index contributed by atoms with van der Waals surface area (Å²) in [5, 5.41) is 2.50. The molecule has 0 atom stereocenters. The van der Waals surface area contributed by atoms with E-state index >= 15 is 0 Å². The van der Waals surface area contributed by atoms with E-state index in [1.807, 2.05) is 0 Å². The number of ether oxygens (including phenoxy) is 2. The lowest BCUT2D eigenvalue weighted by molar-refractivity contribution is -0.140. The van der Waals surface area contributed by atoms with Crippen LogP contribution >= 0.6 is 0 Å². The van der Waals surface area contributed by atoms with Crippen LogP contribution in [0, 0.1) is 12.7 Å². The van der Waals surface area contributed by atoms with Crippen LogP contribution in [0.25, 0.3) is 0 Å². The van der Waals surface area contributed by atoms with Crippen LogP contribution < -0.4 is 10.1 Å². The fraction of sp³-hybridized carbons (Fsp3) is 0.429. The summed E-state index contributed by atoms with van der Waals surface area (Å²) >= 11 is 0. The minimum atomic E-state index is -0.459. The van der Waals surface area contributed by atoms with Crippen LogP contribution in [0.15, 0.2) is 12.1 Å². The van der Waals surface area contributed by atoms with Crippen molar-refractivity contribution in [2.24, 2.45) is 0 Å². The second kappa shape index (κ2) is 7.47. The number of anilines is 1. The highest BCUT2D eigenvalue weighted by Crippen LogP contribution is 2.26. The van der Waals surface area contributed by atoms with Crippen LogP contribution in [0.4, 0.5) is 10.1 Å². The average Bonchev–Trinajstić information content (AvgIpc) is 2.38. The van der Waals surface area contributed by atoms with Crippen molar-refractivity contribution < 1.29 is 23.5 Å². The molecular formula is C14H18FNO4. The molecule has 1 amide bonds. The number of carbonyl (C=O) groups excluding carboxylic acids is 2. The molecule has 6 heteroatoms. The Bertz CT molecular complexity index is 502. The lowest BCUT2D eigenvalue weighted by Crippen LogP contribution is -2.08. The number of halogens is 1. The van der Waals surface area contributed by atoms with Crippen molar-refractivity contribution in [3.05, 3.63) is 23.5 Å². The Kier molecular flexibility index (Phi) is 5.96. The van der Waals surface area contributed by atoms with Crippen molar-refractivity contribution >= 4 is 17.6 Å². The van der Waals surface area contributed by atoms with Gasteiger partial charge in [0.25, 0.3) is 0 Å². The monoisotopic (exact) mass is 283 g/mol. The summed E-state index contributed by atoms with van der Waals surface area (Å²) in [6.07, 6.45) is 0.710. The Morgan fingerprint density at radius 3 is 2.65 bits per heavy atom. The molecule has 1 aromatic carbocycles. The summed E-state index contributed by atoms with van der Waals surface area (Å²) < 4.78 is 23.6. The predicted octanol–water partition coefficient (Wildman–Crippen LogP) is 2.42. The number of rotatable bonds is 6. The maximum Gasteiger partial charge on any atom is 0.305 e. The van der Waals surface area contributed by atoms with E-state index in [0.29, 0.717) is 23.4 Å². The highest BCUT2D eigenvalue weighted by atomic mass is 19.1. The SMILES string of the molecule is COC(=O)CCCOc1cc(NC(C)=O)cc(F)c1C. The Balaban J connectivity index is 2.66. The lowest BCUT2D eigenvalue weighted by atomic mass is 10.2. The Labute approximate surface area is 117 Å². The van der Waals surface area contributed by atoms with Crippen LogP contribution in [0.5, 0.6) is 5.75 Å². The molecule has 0 aliphatic rings. The molecule has 1 N–H and O–H groups in total. The molecule has 0 saturated heterocycles. The molecule has 0 fully saturated rings. The molecule has 1 rings (SSSR count). The second-order valence-electron chi connectivity index (χ2n) is 4.29. The van der Waals surface area contributed by atoms with Crippen LogP contribution in [-0.2, 0) is 14.3 Å². The lowest BCUT2D eigenvalue weighted by Gasteiger charge is -2.12. The highest BCUT2D eigenvalue weighted by Gasteiger charge is 2.09. The summed E-state index contributed by atoms with van der Waals surface area (Å²) in [7, 11) is 1.32. The van der Waals surface area contributed by atoms with Gasteiger partial charge in [0.1, 0.15) is 11.6 Å². The van der Waals surface area contributed by atoms with E-state index in [-0.39, 0.29) is 24.9 Å². The molecule has 0 aliphatic heterocycles. The van der Waals surface area contributed by atoms with Crippen molar-refractivity contribution in [2.45, 2.75) is 26.7 Å². The Morgan fingerprint density at radius 2 is 2.05 bits per heavy atom. The van der Waals surface area contributed by atoms with Gasteiger partial charge >= 0.3 is 5.97 Å². The third kappa shape index (κ3) is 4.87. The Hall–Kier alpha value is -2.11. The van der Waals surface area contributed by atoms with Crippen LogP contribution in [0.3, 0.4) is 0 Å². The molecule has 0 bridgehead atoms. The van der Waals surface area contributed by atoms with E-state index in [0.717, 1.165) is 0 Å². The summed E-state index contributed by atoms with van der Waals surface area (Å²) in [4.78, 5) is 21.9. The van der Waals surface area contributed by atoms with Crippen LogP contribution in [0.1, 0.15) is 25.3 Å². The normalized spacial score (nSPS) is 10.0. The molecule has 1 aromatic rings. The molecule has 0 spiro atoms. The summed E-state index contributed by atoms with van der Waals surface area (Å²) in [6, 6.07) is 2.79. The summed E-state index contributed by atoms with van der Waals surface area (Å²) in [5.74, 6) is -0.716. The molecule has 0 radical (unpaired) electrons. The first kappa shape index (κ1) is 15.9. The van der Waals surface area contributed by atoms with Gasteiger partial charge < -0.3 is 14.8 Å². The number of nitrogens with one attached hydrogen (secondary N) is 1. The first-order valence-corrected chi connectivity index (χ1v) is 6.21. The van der Waals surface area contributed by atoms with Gasteiger partial charge in [0.15, 0.2) is 0 Å². The predicted molar refractivity (Wildman–Crippen MR) is 72.2 cm³/mol. The number of hydrogen-bond acceptors (Lipinski definition) is 4. The Morgan fingerprint density at radius 1 is 1.35 bits per heavy atom. The first-order valence-electron chi connectivity index (χ1n) is 6.21. The summed E-state index contributed by atoms with van der Waals surface area (Å²) in [5.41, 5.74) is 0.695. The molecule has 0 unspecified atom stereocenters. The maximum absolute atomic E-state index is 13.7. The number of hydrogen-bond donors (Lipinski definition) is 1. The van der Waals surface area contributed by atoms with Gasteiger partial charge in [-0.1, -0.05) is 0 Å². The molecule has 110 valence electrons. The number of benzene rings is 1. The van der Waals surface area contributed by atoms with E-state index < -0.39 is 5.82 Å². The van der Waals surface area contributed by atoms with Gasteiger partial charge in [-0.2, -0.15) is 0 Å². The zero-order valence-electron chi connectivity index (χ0n) is 11.8. The topological polar surface area (TPSA) is 64.6 Å².